The van der Waals surface area contributed by atoms with E-state index in [9.17, 15) is 4.79 Å². The number of nitrogens with zero attached hydrogens (tertiary/aromatic N) is 1. The molecule has 2 aromatic rings. The van der Waals surface area contributed by atoms with Gasteiger partial charge in [-0.1, -0.05) is 24.3 Å². The van der Waals surface area contributed by atoms with E-state index in [1.807, 2.05) is 4.90 Å². The molecule has 5 rings (SSSR count). The maximum atomic E-state index is 13.6. The van der Waals surface area contributed by atoms with Gasteiger partial charge >= 0.3 is 0 Å². The Morgan fingerprint density at radius 2 is 1.81 bits per heavy atom. The summed E-state index contributed by atoms with van der Waals surface area (Å²) in [7, 11) is 0. The van der Waals surface area contributed by atoms with Crippen molar-refractivity contribution < 1.29 is 14.3 Å². The quantitative estimate of drug-likeness (QED) is 0.774. The van der Waals surface area contributed by atoms with E-state index >= 15 is 0 Å². The number of hydrogen-bond acceptors (Lipinski definition) is 4. The molecule has 2 saturated heterocycles. The third-order valence-corrected chi connectivity index (χ3v) is 6.97. The van der Waals surface area contributed by atoms with Crippen molar-refractivity contribution in [2.24, 2.45) is 0 Å². The third-order valence-electron chi connectivity index (χ3n) is 5.98. The second kappa shape index (κ2) is 6.48. The van der Waals surface area contributed by atoms with Crippen molar-refractivity contribution in [2.45, 2.75) is 37.4 Å². The summed E-state index contributed by atoms with van der Waals surface area (Å²) in [5.74, 6) is -0.382. The van der Waals surface area contributed by atoms with Gasteiger partial charge in [-0.05, 0) is 41.0 Å². The van der Waals surface area contributed by atoms with Gasteiger partial charge < -0.3 is 14.4 Å². The molecular formula is C21H23NO3S. The van der Waals surface area contributed by atoms with Crippen molar-refractivity contribution in [3.63, 3.8) is 0 Å². The fourth-order valence-corrected chi connectivity index (χ4v) is 5.49. The standard InChI is InChI=1S/C21H23NO3S/c23-20(22-10-8-21(9-11-22)24-12-13-25-21)19-16-4-2-1-3-15(16)5-6-18-17(19)7-14-26-18/h1-4,7,14,19H,5-6,8-13H2. The van der Waals surface area contributed by atoms with Crippen LogP contribution < -0.4 is 0 Å². The number of amides is 1. The summed E-state index contributed by atoms with van der Waals surface area (Å²) in [5.41, 5.74) is 3.70. The van der Waals surface area contributed by atoms with Crippen molar-refractivity contribution in [3.8, 4) is 0 Å². The molecule has 3 heterocycles. The molecule has 136 valence electrons. The Kier molecular flexibility index (Phi) is 4.11. The topological polar surface area (TPSA) is 38.8 Å². The minimum absolute atomic E-state index is 0.172. The lowest BCUT2D eigenvalue weighted by Gasteiger charge is -2.39. The Labute approximate surface area is 157 Å². The van der Waals surface area contributed by atoms with E-state index in [1.54, 1.807) is 11.3 Å². The molecule has 3 aliphatic rings. The Balaban J connectivity index is 1.45. The number of aryl methyl sites for hydroxylation is 2. The monoisotopic (exact) mass is 369 g/mol. The van der Waals surface area contributed by atoms with E-state index in [1.165, 1.54) is 21.6 Å². The van der Waals surface area contributed by atoms with Crippen LogP contribution in [0.1, 0.15) is 40.3 Å². The van der Waals surface area contributed by atoms with Gasteiger partial charge in [0.2, 0.25) is 5.91 Å². The normalized spacial score (nSPS) is 24.2. The van der Waals surface area contributed by atoms with E-state index in [4.69, 9.17) is 9.47 Å². The first kappa shape index (κ1) is 16.5. The predicted molar refractivity (Wildman–Crippen MR) is 100 cm³/mol. The predicted octanol–water partition coefficient (Wildman–Crippen LogP) is 3.34. The smallest absolute Gasteiger partial charge is 0.234 e. The summed E-state index contributed by atoms with van der Waals surface area (Å²) in [6, 6.07) is 10.6. The first-order valence-electron chi connectivity index (χ1n) is 9.47. The van der Waals surface area contributed by atoms with Crippen molar-refractivity contribution in [2.75, 3.05) is 26.3 Å². The molecule has 2 aliphatic heterocycles. The van der Waals surface area contributed by atoms with Gasteiger partial charge in [0.05, 0.1) is 19.1 Å². The summed E-state index contributed by atoms with van der Waals surface area (Å²) in [4.78, 5) is 17.0. The zero-order valence-corrected chi connectivity index (χ0v) is 15.6. The van der Waals surface area contributed by atoms with Crippen LogP contribution in [0.5, 0.6) is 0 Å². The minimum atomic E-state index is -0.439. The van der Waals surface area contributed by atoms with Gasteiger partial charge in [-0.2, -0.15) is 0 Å². The number of thiophene rings is 1. The van der Waals surface area contributed by atoms with Crippen molar-refractivity contribution in [1.29, 1.82) is 0 Å². The molecule has 26 heavy (non-hydrogen) atoms. The van der Waals surface area contributed by atoms with Crippen LogP contribution in [0.3, 0.4) is 0 Å². The first-order valence-corrected chi connectivity index (χ1v) is 10.3. The zero-order chi connectivity index (χ0) is 17.6. The highest BCUT2D eigenvalue weighted by Gasteiger charge is 2.42. The summed E-state index contributed by atoms with van der Waals surface area (Å²) in [6.07, 6.45) is 3.57. The average molecular weight is 369 g/mol. The lowest BCUT2D eigenvalue weighted by Crippen LogP contribution is -2.48. The summed E-state index contributed by atoms with van der Waals surface area (Å²) in [6.45, 7) is 2.75. The van der Waals surface area contributed by atoms with E-state index < -0.39 is 5.79 Å². The molecule has 0 radical (unpaired) electrons. The molecule has 0 N–H and O–H groups in total. The van der Waals surface area contributed by atoms with Gasteiger partial charge in [-0.3, -0.25) is 4.79 Å². The van der Waals surface area contributed by atoms with Crippen LogP contribution in [0.15, 0.2) is 35.7 Å². The Bertz CT molecular complexity index is 814. The number of rotatable bonds is 1. The summed E-state index contributed by atoms with van der Waals surface area (Å²) >= 11 is 1.78. The second-order valence-corrected chi connectivity index (χ2v) is 8.36. The van der Waals surface area contributed by atoms with Crippen LogP contribution >= 0.6 is 11.3 Å². The molecule has 1 atom stereocenters. The van der Waals surface area contributed by atoms with Crippen molar-refractivity contribution >= 4 is 17.2 Å². The molecule has 1 aromatic heterocycles. The van der Waals surface area contributed by atoms with E-state index in [0.717, 1.165) is 25.7 Å². The lowest BCUT2D eigenvalue weighted by atomic mass is 9.88. The van der Waals surface area contributed by atoms with E-state index in [0.29, 0.717) is 26.3 Å². The Hall–Kier alpha value is -1.69. The summed E-state index contributed by atoms with van der Waals surface area (Å²) in [5, 5.41) is 2.13. The summed E-state index contributed by atoms with van der Waals surface area (Å²) < 4.78 is 11.6. The molecular weight excluding hydrogens is 346 g/mol. The highest BCUT2D eigenvalue weighted by Crippen LogP contribution is 2.39. The maximum Gasteiger partial charge on any atom is 0.234 e. The van der Waals surface area contributed by atoms with Gasteiger partial charge in [0.25, 0.3) is 0 Å². The first-order chi connectivity index (χ1) is 12.8. The fourth-order valence-electron chi connectivity index (χ4n) is 4.57. The number of benzene rings is 1. The van der Waals surface area contributed by atoms with Crippen molar-refractivity contribution in [3.05, 3.63) is 57.3 Å². The number of carbonyl (C=O) groups excluding carboxylic acids is 1. The molecule has 1 aliphatic carbocycles. The number of piperidine rings is 1. The van der Waals surface area contributed by atoms with E-state index in [-0.39, 0.29) is 11.8 Å². The second-order valence-electron chi connectivity index (χ2n) is 7.36. The SMILES string of the molecule is O=C(C1c2ccccc2CCc2sccc21)N1CCC2(CC1)OCCO2. The number of hydrogen-bond donors (Lipinski definition) is 0. The molecule has 1 unspecified atom stereocenters. The molecule has 0 saturated carbocycles. The molecule has 5 heteroatoms. The highest BCUT2D eigenvalue weighted by atomic mass is 32.1. The van der Waals surface area contributed by atoms with Crippen LogP contribution in [0.25, 0.3) is 0 Å². The van der Waals surface area contributed by atoms with Crippen LogP contribution in [-0.2, 0) is 27.1 Å². The fraction of sp³-hybridized carbons (Fsp3) is 0.476. The number of likely N-dealkylation sites (tertiary alicyclic amines) is 1. The van der Waals surface area contributed by atoms with Crippen LogP contribution in [0, 0.1) is 0 Å². The third kappa shape index (κ3) is 2.70. The number of carbonyl (C=O) groups is 1. The molecule has 0 bridgehead atoms. The average Bonchev–Trinajstić information content (AvgIpc) is 3.29. The minimum Gasteiger partial charge on any atom is -0.347 e. The van der Waals surface area contributed by atoms with Crippen LogP contribution in [-0.4, -0.2) is 42.9 Å². The van der Waals surface area contributed by atoms with E-state index in [2.05, 4.69) is 35.7 Å². The van der Waals surface area contributed by atoms with Gasteiger partial charge in [0, 0.05) is 30.8 Å². The molecule has 1 amide bonds. The largest absolute Gasteiger partial charge is 0.347 e. The van der Waals surface area contributed by atoms with Crippen LogP contribution in [0.2, 0.25) is 0 Å². The molecule has 1 spiro atoms. The van der Waals surface area contributed by atoms with Crippen LogP contribution in [0.4, 0.5) is 0 Å². The molecule has 4 nitrogen and oxygen atoms in total. The van der Waals surface area contributed by atoms with Gasteiger partial charge in [-0.15, -0.1) is 11.3 Å². The lowest BCUT2D eigenvalue weighted by molar-refractivity contribution is -0.187. The van der Waals surface area contributed by atoms with Gasteiger partial charge in [0.15, 0.2) is 5.79 Å². The number of fused-ring (bicyclic) bond motifs is 2. The van der Waals surface area contributed by atoms with Gasteiger partial charge in [-0.25, -0.2) is 0 Å². The molecule has 2 fully saturated rings. The maximum absolute atomic E-state index is 13.6. The number of ether oxygens (including phenoxy) is 2. The van der Waals surface area contributed by atoms with Crippen molar-refractivity contribution in [1.82, 2.24) is 4.90 Å². The Morgan fingerprint density at radius 1 is 1.04 bits per heavy atom. The highest BCUT2D eigenvalue weighted by molar-refractivity contribution is 7.10. The Morgan fingerprint density at radius 3 is 2.62 bits per heavy atom. The van der Waals surface area contributed by atoms with Gasteiger partial charge in [0.1, 0.15) is 0 Å². The zero-order valence-electron chi connectivity index (χ0n) is 14.8. The molecule has 1 aromatic carbocycles.